The lowest BCUT2D eigenvalue weighted by Gasteiger charge is -2.27. The monoisotopic (exact) mass is 310 g/mol. The lowest BCUT2D eigenvalue weighted by molar-refractivity contribution is -0.100. The average molecular weight is 310 g/mol. The Morgan fingerprint density at radius 3 is 2.36 bits per heavy atom. The van der Waals surface area contributed by atoms with Gasteiger partial charge in [0.2, 0.25) is 0 Å². The summed E-state index contributed by atoms with van der Waals surface area (Å²) < 4.78 is 6.08. The van der Waals surface area contributed by atoms with Gasteiger partial charge in [0.05, 0.1) is 24.4 Å². The van der Waals surface area contributed by atoms with Crippen LogP contribution in [-0.2, 0) is 4.74 Å². The lowest BCUT2D eigenvalue weighted by atomic mass is 9.95. The van der Waals surface area contributed by atoms with Gasteiger partial charge in [-0.15, -0.1) is 0 Å². The fourth-order valence-electron chi connectivity index (χ4n) is 3.18. The molecule has 22 heavy (non-hydrogen) atoms. The summed E-state index contributed by atoms with van der Waals surface area (Å²) in [5.74, 6) is 0.669. The molecule has 2 N–H and O–H groups in total. The van der Waals surface area contributed by atoms with Crippen LogP contribution in [-0.4, -0.2) is 34.6 Å². The molecule has 0 aliphatic carbocycles. The predicted octanol–water partition coefficient (Wildman–Crippen LogP) is 3.99. The van der Waals surface area contributed by atoms with Crippen LogP contribution in [0.1, 0.15) is 65.2 Å². The second-order valence-electron chi connectivity index (χ2n) is 6.64. The molecular formula is C19H34O3. The fourth-order valence-corrected chi connectivity index (χ4v) is 3.18. The van der Waals surface area contributed by atoms with E-state index < -0.39 is 12.2 Å². The summed E-state index contributed by atoms with van der Waals surface area (Å²) in [6, 6.07) is 0. The molecule has 0 amide bonds. The Hall–Kier alpha value is -0.640. The Kier molecular flexibility index (Phi) is 9.69. The van der Waals surface area contributed by atoms with Crippen LogP contribution in [0.15, 0.2) is 24.8 Å². The van der Waals surface area contributed by atoms with Crippen LogP contribution in [0.5, 0.6) is 0 Å². The standard InChI is InChI=1S/C19H34O3/c1-4-6-7-8-10-18-16(20)12-13-17(21)19(22-18)14-11-15(3)9-5-2/h4,6-7,15-21H,1,5,8-14H2,2-3H3/b7-6-/t15-,16?,17?,18?,19?/m1/s1. The zero-order valence-electron chi connectivity index (χ0n) is 14.3. The molecule has 0 bridgehead atoms. The van der Waals surface area contributed by atoms with Crippen molar-refractivity contribution >= 4 is 0 Å². The maximum atomic E-state index is 10.3. The van der Waals surface area contributed by atoms with Crippen molar-refractivity contribution < 1.29 is 14.9 Å². The van der Waals surface area contributed by atoms with Crippen molar-refractivity contribution in [1.82, 2.24) is 0 Å². The fraction of sp³-hybridized carbons (Fsp3) is 0.789. The molecule has 128 valence electrons. The summed E-state index contributed by atoms with van der Waals surface area (Å²) in [6.45, 7) is 8.12. The molecule has 0 aromatic rings. The number of hydrogen-bond acceptors (Lipinski definition) is 3. The van der Waals surface area contributed by atoms with E-state index in [9.17, 15) is 10.2 Å². The van der Waals surface area contributed by atoms with Crippen LogP contribution in [0.3, 0.4) is 0 Å². The third kappa shape index (κ3) is 7.08. The molecule has 5 atom stereocenters. The van der Waals surface area contributed by atoms with E-state index in [1.54, 1.807) is 6.08 Å². The van der Waals surface area contributed by atoms with E-state index in [2.05, 4.69) is 20.4 Å². The molecule has 1 saturated heterocycles. The van der Waals surface area contributed by atoms with Crippen LogP contribution in [0.2, 0.25) is 0 Å². The van der Waals surface area contributed by atoms with E-state index in [1.165, 1.54) is 12.8 Å². The average Bonchev–Trinajstić information content (AvgIpc) is 2.63. The molecule has 3 heteroatoms. The van der Waals surface area contributed by atoms with Gasteiger partial charge in [0.25, 0.3) is 0 Å². The second kappa shape index (κ2) is 11.0. The summed E-state index contributed by atoms with van der Waals surface area (Å²) in [5, 5.41) is 20.5. The topological polar surface area (TPSA) is 49.7 Å². The molecule has 1 aliphatic rings. The highest BCUT2D eigenvalue weighted by Gasteiger charge is 2.32. The number of hydrogen-bond donors (Lipinski definition) is 2. The van der Waals surface area contributed by atoms with Crippen LogP contribution >= 0.6 is 0 Å². The molecule has 4 unspecified atom stereocenters. The van der Waals surface area contributed by atoms with E-state index in [-0.39, 0.29) is 12.2 Å². The molecule has 1 aliphatic heterocycles. The minimum Gasteiger partial charge on any atom is -0.390 e. The van der Waals surface area contributed by atoms with Crippen molar-refractivity contribution in [2.24, 2.45) is 5.92 Å². The Bertz CT molecular complexity index is 327. The van der Waals surface area contributed by atoms with Gasteiger partial charge in [-0.3, -0.25) is 0 Å². The number of allylic oxidation sites excluding steroid dienone is 3. The first-order chi connectivity index (χ1) is 10.6. The zero-order chi connectivity index (χ0) is 16.4. The van der Waals surface area contributed by atoms with Crippen molar-refractivity contribution in [3.8, 4) is 0 Å². The third-order valence-corrected chi connectivity index (χ3v) is 4.58. The maximum Gasteiger partial charge on any atom is 0.0842 e. The minimum absolute atomic E-state index is 0.134. The van der Waals surface area contributed by atoms with Crippen molar-refractivity contribution in [1.29, 1.82) is 0 Å². The highest BCUT2D eigenvalue weighted by atomic mass is 16.5. The quantitative estimate of drug-likeness (QED) is 0.633. The van der Waals surface area contributed by atoms with Gasteiger partial charge in [-0.2, -0.15) is 0 Å². The molecule has 0 aromatic carbocycles. The first-order valence-corrected chi connectivity index (χ1v) is 8.87. The molecule has 1 heterocycles. The summed E-state index contributed by atoms with van der Waals surface area (Å²) in [5.41, 5.74) is 0. The molecule has 1 fully saturated rings. The van der Waals surface area contributed by atoms with Crippen molar-refractivity contribution in [3.05, 3.63) is 24.8 Å². The first kappa shape index (κ1) is 19.4. The van der Waals surface area contributed by atoms with Gasteiger partial charge >= 0.3 is 0 Å². The van der Waals surface area contributed by atoms with Crippen LogP contribution in [0.25, 0.3) is 0 Å². The molecule has 0 radical (unpaired) electrons. The summed E-state index contributed by atoms with van der Waals surface area (Å²) >= 11 is 0. The summed E-state index contributed by atoms with van der Waals surface area (Å²) in [7, 11) is 0. The SMILES string of the molecule is C=C/C=C\CCC1OC(CC[C@H](C)CCC)C(O)CCC1O. The Labute approximate surface area is 136 Å². The zero-order valence-corrected chi connectivity index (χ0v) is 14.3. The largest absolute Gasteiger partial charge is 0.390 e. The Balaban J connectivity index is 2.51. The number of rotatable bonds is 9. The van der Waals surface area contributed by atoms with E-state index in [4.69, 9.17) is 4.74 Å². The van der Waals surface area contributed by atoms with Crippen molar-refractivity contribution in [2.75, 3.05) is 0 Å². The van der Waals surface area contributed by atoms with Crippen LogP contribution in [0, 0.1) is 5.92 Å². The number of aliphatic hydroxyl groups is 2. The number of aliphatic hydroxyl groups excluding tert-OH is 2. The van der Waals surface area contributed by atoms with Gasteiger partial charge < -0.3 is 14.9 Å². The summed E-state index contributed by atoms with van der Waals surface area (Å²) in [4.78, 5) is 0. The molecule has 0 aromatic heterocycles. The lowest BCUT2D eigenvalue weighted by Crippen LogP contribution is -2.34. The first-order valence-electron chi connectivity index (χ1n) is 8.87. The smallest absolute Gasteiger partial charge is 0.0842 e. The van der Waals surface area contributed by atoms with Crippen LogP contribution < -0.4 is 0 Å². The highest BCUT2D eigenvalue weighted by Crippen LogP contribution is 2.27. The second-order valence-corrected chi connectivity index (χ2v) is 6.64. The van der Waals surface area contributed by atoms with E-state index >= 15 is 0 Å². The van der Waals surface area contributed by atoms with Crippen LogP contribution in [0.4, 0.5) is 0 Å². The van der Waals surface area contributed by atoms with Gasteiger partial charge in [0, 0.05) is 0 Å². The Morgan fingerprint density at radius 2 is 1.77 bits per heavy atom. The third-order valence-electron chi connectivity index (χ3n) is 4.58. The minimum atomic E-state index is -0.468. The predicted molar refractivity (Wildman–Crippen MR) is 91.8 cm³/mol. The van der Waals surface area contributed by atoms with E-state index in [1.807, 2.05) is 12.2 Å². The number of ether oxygens (including phenoxy) is 1. The molecule has 1 rings (SSSR count). The van der Waals surface area contributed by atoms with Gasteiger partial charge in [-0.05, 0) is 44.4 Å². The van der Waals surface area contributed by atoms with Gasteiger partial charge in [0.1, 0.15) is 0 Å². The molecule has 0 saturated carbocycles. The molecule has 3 nitrogen and oxygen atoms in total. The maximum absolute atomic E-state index is 10.3. The van der Waals surface area contributed by atoms with E-state index in [0.717, 1.165) is 25.7 Å². The van der Waals surface area contributed by atoms with Gasteiger partial charge in [0.15, 0.2) is 0 Å². The highest BCUT2D eigenvalue weighted by molar-refractivity contribution is 4.97. The van der Waals surface area contributed by atoms with Gasteiger partial charge in [-0.25, -0.2) is 0 Å². The van der Waals surface area contributed by atoms with Gasteiger partial charge in [-0.1, -0.05) is 51.5 Å². The summed E-state index contributed by atoms with van der Waals surface area (Å²) in [6.07, 6.45) is 11.8. The van der Waals surface area contributed by atoms with E-state index in [0.29, 0.717) is 18.8 Å². The van der Waals surface area contributed by atoms with Crippen molar-refractivity contribution in [3.63, 3.8) is 0 Å². The molecule has 0 spiro atoms. The normalized spacial score (nSPS) is 31.1. The van der Waals surface area contributed by atoms with Crippen molar-refractivity contribution in [2.45, 2.75) is 89.6 Å². The molecular weight excluding hydrogens is 276 g/mol. The Morgan fingerprint density at radius 1 is 1.14 bits per heavy atom.